The minimum atomic E-state index is -3.53. The van der Waals surface area contributed by atoms with Crippen molar-refractivity contribution in [3.8, 4) is 22.1 Å². The zero-order chi connectivity index (χ0) is 17.4. The summed E-state index contributed by atoms with van der Waals surface area (Å²) in [5.41, 5.74) is 1.97. The second kappa shape index (κ2) is 6.36. The van der Waals surface area contributed by atoms with Crippen molar-refractivity contribution in [1.82, 2.24) is 13.9 Å². The highest BCUT2D eigenvalue weighted by Crippen LogP contribution is 2.28. The number of pyridine rings is 1. The summed E-state index contributed by atoms with van der Waals surface area (Å²) in [7, 11) is -3.53. The van der Waals surface area contributed by atoms with Crippen LogP contribution in [-0.2, 0) is 15.8 Å². The topological polar surface area (TPSA) is 64.8 Å². The monoisotopic (exact) mass is 433 g/mol. The fourth-order valence-corrected chi connectivity index (χ4v) is 4.64. The van der Waals surface area contributed by atoms with Crippen molar-refractivity contribution >= 4 is 37.3 Å². The number of thiophene rings is 1. The van der Waals surface area contributed by atoms with Crippen LogP contribution in [0.4, 0.5) is 0 Å². The minimum Gasteiger partial charge on any atom is -0.250 e. The molecule has 8 heteroatoms. The number of rotatable bonds is 4. The number of hydrogen-bond donors (Lipinski definition) is 0. The molecule has 0 saturated carbocycles. The molecule has 1 aromatic carbocycles. The van der Waals surface area contributed by atoms with E-state index in [1.807, 2.05) is 29.6 Å². The van der Waals surface area contributed by atoms with Gasteiger partial charge in [-0.1, -0.05) is 34.1 Å². The lowest BCUT2D eigenvalue weighted by molar-refractivity contribution is 0.586. The molecular weight excluding hydrogens is 422 g/mol. The van der Waals surface area contributed by atoms with Crippen molar-refractivity contribution in [3.05, 3.63) is 70.3 Å². The van der Waals surface area contributed by atoms with Crippen LogP contribution < -0.4 is 0 Å². The summed E-state index contributed by atoms with van der Waals surface area (Å²) in [5, 5.41) is 1.96. The van der Waals surface area contributed by atoms with E-state index in [4.69, 9.17) is 0 Å². The smallest absolute Gasteiger partial charge is 0.242 e. The van der Waals surface area contributed by atoms with Crippen LogP contribution >= 0.6 is 27.3 Å². The van der Waals surface area contributed by atoms with Crippen LogP contribution in [0, 0.1) is 0 Å². The highest BCUT2D eigenvalue weighted by molar-refractivity contribution is 9.10. The summed E-state index contributed by atoms with van der Waals surface area (Å²) >= 11 is 4.90. The molecule has 0 saturated heterocycles. The highest BCUT2D eigenvalue weighted by Gasteiger charge is 2.18. The first-order valence-electron chi connectivity index (χ1n) is 7.39. The molecule has 1 aromatic heterocycles. The van der Waals surface area contributed by atoms with Crippen molar-refractivity contribution in [2.24, 2.45) is 0 Å². The molecule has 2 aliphatic heterocycles. The maximum absolute atomic E-state index is 12.7. The van der Waals surface area contributed by atoms with E-state index in [9.17, 15) is 8.42 Å². The summed E-state index contributed by atoms with van der Waals surface area (Å²) in [6.45, 7) is 0. The third-order valence-corrected chi connectivity index (χ3v) is 6.63. The summed E-state index contributed by atoms with van der Waals surface area (Å²) < 4.78 is 27.5. The summed E-state index contributed by atoms with van der Waals surface area (Å²) in [6, 6.07) is 12.8. The molecule has 2 aromatic rings. The number of halogens is 1. The van der Waals surface area contributed by atoms with Crippen LogP contribution in [0.15, 0.2) is 64.7 Å². The van der Waals surface area contributed by atoms with Crippen molar-refractivity contribution in [3.63, 3.8) is 0 Å². The summed E-state index contributed by atoms with van der Waals surface area (Å²) in [4.78, 5) is 9.87. The maximum atomic E-state index is 12.7. The molecule has 0 amide bonds. The number of fused-ring (bicyclic) bond motifs is 1. The first kappa shape index (κ1) is 16.4. The Kier molecular flexibility index (Phi) is 4.18. The van der Waals surface area contributed by atoms with Crippen LogP contribution in [0.1, 0.15) is 5.56 Å². The lowest BCUT2D eigenvalue weighted by Gasteiger charge is -2.09. The molecule has 5 nitrogen and oxygen atoms in total. The quantitative estimate of drug-likeness (QED) is 0.482. The Hall–Kier alpha value is -2.03. The van der Waals surface area contributed by atoms with Gasteiger partial charge >= 0.3 is 0 Å². The third-order valence-electron chi connectivity index (χ3n) is 3.67. The average Bonchev–Trinajstić information content (AvgIpc) is 3.25. The number of aromatic nitrogens is 3. The van der Waals surface area contributed by atoms with Gasteiger partial charge in [-0.05, 0) is 35.2 Å². The average molecular weight is 434 g/mol. The van der Waals surface area contributed by atoms with Gasteiger partial charge in [0.1, 0.15) is 5.69 Å². The molecule has 0 bridgehead atoms. The lowest BCUT2D eigenvalue weighted by Crippen LogP contribution is -2.15. The molecule has 0 radical (unpaired) electrons. The molecule has 0 fully saturated rings. The predicted octanol–water partition coefficient (Wildman–Crippen LogP) is 4.25. The Balaban J connectivity index is 1.69. The van der Waals surface area contributed by atoms with Crippen LogP contribution in [0.25, 0.3) is 22.1 Å². The van der Waals surface area contributed by atoms with E-state index >= 15 is 0 Å². The second-order valence-electron chi connectivity index (χ2n) is 5.45. The molecule has 0 unspecified atom stereocenters. The number of imidazole rings is 1. The molecule has 4 rings (SSSR count). The van der Waals surface area contributed by atoms with Gasteiger partial charge in [0.05, 0.1) is 16.3 Å². The van der Waals surface area contributed by atoms with Gasteiger partial charge in [0, 0.05) is 16.9 Å². The minimum absolute atomic E-state index is 0.0810. The van der Waals surface area contributed by atoms with Gasteiger partial charge in [-0.3, -0.25) is 3.97 Å². The molecule has 0 atom stereocenters. The van der Waals surface area contributed by atoms with Gasteiger partial charge in [-0.25, -0.2) is 18.4 Å². The van der Waals surface area contributed by atoms with Crippen molar-refractivity contribution in [2.45, 2.75) is 5.75 Å². The van der Waals surface area contributed by atoms with E-state index in [0.717, 1.165) is 14.9 Å². The molecule has 3 heterocycles. The standard InChI is InChI=1S/C17H12BrN3O2S2/c18-13-5-3-12(4-6-13)11-25(22,23)21-8-7-14-15(10-21)20-17(19-14)16-2-1-9-24-16/h1-10H,11H2. The van der Waals surface area contributed by atoms with E-state index < -0.39 is 10.0 Å². The Bertz CT molecular complexity index is 1090. The van der Waals surface area contributed by atoms with Crippen LogP contribution in [0.2, 0.25) is 0 Å². The number of nitrogens with zero attached hydrogens (tertiary/aromatic N) is 3. The van der Waals surface area contributed by atoms with Gasteiger partial charge < -0.3 is 0 Å². The van der Waals surface area contributed by atoms with Gasteiger partial charge in [-0.2, -0.15) is 0 Å². The normalized spacial score (nSPS) is 11.9. The molecule has 0 N–H and O–H groups in total. The van der Waals surface area contributed by atoms with Crippen LogP contribution in [0.3, 0.4) is 0 Å². The van der Waals surface area contributed by atoms with Crippen molar-refractivity contribution in [2.75, 3.05) is 0 Å². The van der Waals surface area contributed by atoms with E-state index in [1.54, 1.807) is 29.5 Å². The first-order chi connectivity index (χ1) is 12.0. The fourth-order valence-electron chi connectivity index (χ4n) is 2.45. The predicted molar refractivity (Wildman–Crippen MR) is 102 cm³/mol. The summed E-state index contributed by atoms with van der Waals surface area (Å²) in [6.07, 6.45) is 3.04. The van der Waals surface area contributed by atoms with E-state index in [2.05, 4.69) is 25.9 Å². The van der Waals surface area contributed by atoms with Crippen molar-refractivity contribution < 1.29 is 8.42 Å². The second-order valence-corrected chi connectivity index (χ2v) is 9.19. The third kappa shape index (κ3) is 3.37. The van der Waals surface area contributed by atoms with Crippen LogP contribution in [-0.4, -0.2) is 22.4 Å². The maximum Gasteiger partial charge on any atom is 0.242 e. The zero-order valence-electron chi connectivity index (χ0n) is 12.8. The zero-order valence-corrected chi connectivity index (χ0v) is 16.1. The van der Waals surface area contributed by atoms with Crippen LogP contribution in [0.5, 0.6) is 0 Å². The van der Waals surface area contributed by atoms with Gasteiger partial charge in [0.25, 0.3) is 0 Å². The van der Waals surface area contributed by atoms with Gasteiger partial charge in [0.15, 0.2) is 5.82 Å². The number of benzene rings is 1. The molecule has 25 heavy (non-hydrogen) atoms. The Morgan fingerprint density at radius 1 is 1.04 bits per heavy atom. The lowest BCUT2D eigenvalue weighted by atomic mass is 10.2. The molecule has 0 spiro atoms. The highest BCUT2D eigenvalue weighted by atomic mass is 79.9. The molecule has 2 aliphatic rings. The Labute approximate surface area is 157 Å². The fraction of sp³-hybridized carbons (Fsp3) is 0.0588. The van der Waals surface area contributed by atoms with E-state index in [1.165, 1.54) is 16.4 Å². The largest absolute Gasteiger partial charge is 0.250 e. The Morgan fingerprint density at radius 2 is 1.80 bits per heavy atom. The van der Waals surface area contributed by atoms with E-state index in [0.29, 0.717) is 17.2 Å². The van der Waals surface area contributed by atoms with Gasteiger partial charge in [-0.15, -0.1) is 11.3 Å². The molecule has 126 valence electrons. The van der Waals surface area contributed by atoms with Crippen molar-refractivity contribution in [1.29, 1.82) is 0 Å². The Morgan fingerprint density at radius 3 is 2.52 bits per heavy atom. The summed E-state index contributed by atoms with van der Waals surface area (Å²) in [5.74, 6) is 0.538. The molecular formula is C17H12BrN3O2S2. The SMILES string of the molecule is O=S(=O)(Cc1ccc(Br)cc1)n1ccc2nc(-c3cccs3)nc-2c1. The van der Waals surface area contributed by atoms with E-state index in [-0.39, 0.29) is 5.75 Å². The van der Waals surface area contributed by atoms with Gasteiger partial charge in [0.2, 0.25) is 10.0 Å². The number of hydrogen-bond acceptors (Lipinski definition) is 5. The first-order valence-corrected chi connectivity index (χ1v) is 10.7. The molecule has 0 aliphatic carbocycles.